The number of piperazine rings is 1. The number of hydrogen-bond acceptors (Lipinski definition) is 5. The number of piperidine rings is 1. The van der Waals surface area contributed by atoms with Crippen LogP contribution in [0.25, 0.3) is 0 Å². The summed E-state index contributed by atoms with van der Waals surface area (Å²) in [4.78, 5) is 7.77. The number of likely N-dealkylation sites (tertiary alicyclic amines) is 1. The number of aryl methyl sites for hydroxylation is 1. The van der Waals surface area contributed by atoms with Gasteiger partial charge in [-0.15, -0.1) is 0 Å². The van der Waals surface area contributed by atoms with Crippen LogP contribution in [0.15, 0.2) is 46.9 Å². The summed E-state index contributed by atoms with van der Waals surface area (Å²) in [5.41, 5.74) is 1.41. The number of benzene rings is 1. The van der Waals surface area contributed by atoms with Crippen molar-refractivity contribution in [1.82, 2.24) is 14.7 Å². The predicted molar refractivity (Wildman–Crippen MR) is 116 cm³/mol. The van der Waals surface area contributed by atoms with Gasteiger partial charge < -0.3 is 9.52 Å². The molecule has 0 radical (unpaired) electrons. The van der Waals surface area contributed by atoms with E-state index in [0.717, 1.165) is 50.7 Å². The summed E-state index contributed by atoms with van der Waals surface area (Å²) in [6, 6.07) is 16.0. The van der Waals surface area contributed by atoms with Crippen molar-refractivity contribution in [2.75, 3.05) is 39.3 Å². The molecule has 5 nitrogen and oxygen atoms in total. The van der Waals surface area contributed by atoms with Gasteiger partial charge in [-0.1, -0.05) is 30.3 Å². The Bertz CT molecular complexity index is 740. The molecule has 29 heavy (non-hydrogen) atoms. The van der Waals surface area contributed by atoms with E-state index in [2.05, 4.69) is 51.1 Å². The van der Waals surface area contributed by atoms with Gasteiger partial charge in [0.2, 0.25) is 0 Å². The maximum atomic E-state index is 9.60. The van der Waals surface area contributed by atoms with Gasteiger partial charge in [-0.3, -0.25) is 14.7 Å². The molecule has 0 saturated carbocycles. The van der Waals surface area contributed by atoms with E-state index in [0.29, 0.717) is 12.1 Å². The fraction of sp³-hybridized carbons (Fsp3) is 0.583. The van der Waals surface area contributed by atoms with Crippen molar-refractivity contribution in [1.29, 1.82) is 0 Å². The molecule has 1 aromatic heterocycles. The van der Waals surface area contributed by atoms with E-state index >= 15 is 0 Å². The molecule has 1 N–H and O–H groups in total. The van der Waals surface area contributed by atoms with E-state index in [1.807, 2.05) is 13.0 Å². The predicted octanol–water partition coefficient (Wildman–Crippen LogP) is 3.12. The molecule has 2 aliphatic heterocycles. The van der Waals surface area contributed by atoms with Gasteiger partial charge in [-0.25, -0.2) is 0 Å². The van der Waals surface area contributed by atoms with Crippen molar-refractivity contribution in [2.24, 2.45) is 0 Å². The van der Waals surface area contributed by atoms with Crippen LogP contribution >= 0.6 is 0 Å². The second kappa shape index (κ2) is 9.90. The molecule has 5 heteroatoms. The number of aliphatic hydroxyl groups excluding tert-OH is 1. The number of hydrogen-bond donors (Lipinski definition) is 1. The number of nitrogens with zero attached hydrogens (tertiary/aromatic N) is 3. The number of rotatable bonds is 7. The van der Waals surface area contributed by atoms with Gasteiger partial charge >= 0.3 is 0 Å². The second-order valence-electron chi connectivity index (χ2n) is 8.64. The highest BCUT2D eigenvalue weighted by Crippen LogP contribution is 2.24. The van der Waals surface area contributed by atoms with E-state index in [1.165, 1.54) is 31.5 Å². The highest BCUT2D eigenvalue weighted by Gasteiger charge is 2.32. The van der Waals surface area contributed by atoms with E-state index in [-0.39, 0.29) is 6.61 Å². The summed E-state index contributed by atoms with van der Waals surface area (Å²) in [7, 11) is 0. The molecule has 158 valence electrons. The molecule has 1 aromatic carbocycles. The average molecular weight is 398 g/mol. The smallest absolute Gasteiger partial charge is 0.118 e. The Kier molecular flexibility index (Phi) is 7.03. The molecular weight excluding hydrogens is 362 g/mol. The topological polar surface area (TPSA) is 43.1 Å². The van der Waals surface area contributed by atoms with Gasteiger partial charge in [0, 0.05) is 44.9 Å². The Balaban J connectivity index is 1.28. The van der Waals surface area contributed by atoms with E-state index in [9.17, 15) is 5.11 Å². The van der Waals surface area contributed by atoms with E-state index in [4.69, 9.17) is 4.42 Å². The summed E-state index contributed by atoms with van der Waals surface area (Å²) < 4.78 is 5.79. The Morgan fingerprint density at radius 3 is 2.45 bits per heavy atom. The molecule has 3 heterocycles. The first-order valence-corrected chi connectivity index (χ1v) is 11.1. The van der Waals surface area contributed by atoms with Crippen molar-refractivity contribution in [3.8, 4) is 0 Å². The van der Waals surface area contributed by atoms with Crippen LogP contribution < -0.4 is 0 Å². The summed E-state index contributed by atoms with van der Waals surface area (Å²) in [5, 5.41) is 9.60. The molecule has 2 fully saturated rings. The normalized spacial score (nSPS) is 22.9. The van der Waals surface area contributed by atoms with Crippen molar-refractivity contribution < 1.29 is 9.52 Å². The first-order chi connectivity index (χ1) is 14.2. The third kappa shape index (κ3) is 5.48. The third-order valence-corrected chi connectivity index (χ3v) is 6.58. The molecule has 0 spiro atoms. The Labute approximate surface area is 174 Å². The number of aliphatic hydroxyl groups is 1. The SMILES string of the molecule is Cc1ccc(CN2CCN(C3CCN(Cc4ccccc4)CC3)CC2CCO)o1. The lowest BCUT2D eigenvalue weighted by atomic mass is 9.99. The quantitative estimate of drug-likeness (QED) is 0.778. The van der Waals surface area contributed by atoms with Gasteiger partial charge in [0.1, 0.15) is 11.5 Å². The lowest BCUT2D eigenvalue weighted by molar-refractivity contribution is 0.00961. The van der Waals surface area contributed by atoms with Crippen molar-refractivity contribution in [2.45, 2.75) is 51.4 Å². The van der Waals surface area contributed by atoms with Crippen LogP contribution in [0.2, 0.25) is 0 Å². The lowest BCUT2D eigenvalue weighted by Crippen LogP contribution is -2.57. The zero-order valence-corrected chi connectivity index (χ0v) is 17.7. The van der Waals surface area contributed by atoms with Gasteiger partial charge in [-0.05, 0) is 57.0 Å². The van der Waals surface area contributed by atoms with Crippen LogP contribution in [0.4, 0.5) is 0 Å². The fourth-order valence-corrected chi connectivity index (χ4v) is 4.93. The van der Waals surface area contributed by atoms with Crippen LogP contribution in [0.3, 0.4) is 0 Å². The van der Waals surface area contributed by atoms with Crippen LogP contribution in [0.5, 0.6) is 0 Å². The molecule has 1 unspecified atom stereocenters. The molecule has 0 amide bonds. The minimum Gasteiger partial charge on any atom is -0.465 e. The molecule has 2 aliphatic rings. The van der Waals surface area contributed by atoms with Crippen LogP contribution in [-0.4, -0.2) is 71.2 Å². The summed E-state index contributed by atoms with van der Waals surface area (Å²) >= 11 is 0. The van der Waals surface area contributed by atoms with Crippen LogP contribution in [-0.2, 0) is 13.1 Å². The van der Waals surface area contributed by atoms with Crippen molar-refractivity contribution in [3.05, 3.63) is 59.5 Å². The first-order valence-electron chi connectivity index (χ1n) is 11.1. The van der Waals surface area contributed by atoms with Gasteiger partial charge in [0.15, 0.2) is 0 Å². The highest BCUT2D eigenvalue weighted by atomic mass is 16.3. The molecule has 0 bridgehead atoms. The minimum absolute atomic E-state index is 0.252. The number of furan rings is 1. The molecule has 2 aromatic rings. The fourth-order valence-electron chi connectivity index (χ4n) is 4.93. The summed E-state index contributed by atoms with van der Waals surface area (Å²) in [6.45, 7) is 9.74. The summed E-state index contributed by atoms with van der Waals surface area (Å²) in [6.07, 6.45) is 3.33. The monoisotopic (exact) mass is 397 g/mol. The molecule has 1 atom stereocenters. The zero-order valence-electron chi connectivity index (χ0n) is 17.7. The molecule has 4 rings (SSSR count). The first kappa shape index (κ1) is 20.6. The van der Waals surface area contributed by atoms with Gasteiger partial charge in [0.05, 0.1) is 6.54 Å². The maximum Gasteiger partial charge on any atom is 0.118 e. The van der Waals surface area contributed by atoms with Crippen molar-refractivity contribution >= 4 is 0 Å². The van der Waals surface area contributed by atoms with Crippen molar-refractivity contribution in [3.63, 3.8) is 0 Å². The Hall–Kier alpha value is -1.66. The lowest BCUT2D eigenvalue weighted by Gasteiger charge is -2.46. The summed E-state index contributed by atoms with van der Waals surface area (Å²) in [5.74, 6) is 2.01. The average Bonchev–Trinajstić information content (AvgIpc) is 3.15. The Morgan fingerprint density at radius 2 is 1.76 bits per heavy atom. The molecule has 2 saturated heterocycles. The second-order valence-corrected chi connectivity index (χ2v) is 8.64. The highest BCUT2D eigenvalue weighted by molar-refractivity contribution is 5.14. The zero-order chi connectivity index (χ0) is 20.1. The standard InChI is InChI=1S/C24H35N3O2/c1-20-7-8-24(29-20)19-27-15-14-26(18-23(27)11-16-28)22-9-12-25(13-10-22)17-21-5-3-2-4-6-21/h2-8,22-23,28H,9-19H2,1H3. The van der Waals surface area contributed by atoms with Crippen LogP contribution in [0, 0.1) is 6.92 Å². The molecular formula is C24H35N3O2. The van der Waals surface area contributed by atoms with Gasteiger partial charge in [-0.2, -0.15) is 0 Å². The Morgan fingerprint density at radius 1 is 0.966 bits per heavy atom. The third-order valence-electron chi connectivity index (χ3n) is 6.58. The van der Waals surface area contributed by atoms with Crippen LogP contribution in [0.1, 0.15) is 36.3 Å². The largest absolute Gasteiger partial charge is 0.465 e. The minimum atomic E-state index is 0.252. The molecule has 0 aliphatic carbocycles. The van der Waals surface area contributed by atoms with E-state index < -0.39 is 0 Å². The maximum absolute atomic E-state index is 9.60. The van der Waals surface area contributed by atoms with Gasteiger partial charge in [0.25, 0.3) is 0 Å². The van der Waals surface area contributed by atoms with E-state index in [1.54, 1.807) is 0 Å².